The molecule has 0 aliphatic heterocycles. The van der Waals surface area contributed by atoms with E-state index < -0.39 is 5.97 Å². The van der Waals surface area contributed by atoms with Gasteiger partial charge < -0.3 is 10.1 Å². The summed E-state index contributed by atoms with van der Waals surface area (Å²) in [5, 5.41) is 8.56. The van der Waals surface area contributed by atoms with Crippen molar-refractivity contribution in [1.82, 2.24) is 4.98 Å². The topological polar surface area (TPSA) is 70.2 Å². The summed E-state index contributed by atoms with van der Waals surface area (Å²) in [5.74, 6) is -1.08. The number of aliphatic carboxylic acids is 1. The van der Waals surface area contributed by atoms with E-state index in [0.717, 1.165) is 17.2 Å². The van der Waals surface area contributed by atoms with E-state index in [9.17, 15) is 9.59 Å². The fourth-order valence-corrected chi connectivity index (χ4v) is 1.85. The lowest BCUT2D eigenvalue weighted by Gasteiger charge is -2.05. The molecule has 0 atom stereocenters. The third-order valence-corrected chi connectivity index (χ3v) is 3.16. The number of benzene rings is 1. The minimum atomic E-state index is -1.08. The van der Waals surface area contributed by atoms with Crippen LogP contribution in [0.4, 0.5) is 0 Å². The highest BCUT2D eigenvalue weighted by atomic mass is 16.4. The maximum absolute atomic E-state index is 11.9. The minimum absolute atomic E-state index is 0.307. The Bertz CT molecular complexity index is 742. The van der Waals surface area contributed by atoms with Crippen molar-refractivity contribution in [3.8, 4) is 11.3 Å². The van der Waals surface area contributed by atoms with Crippen LogP contribution in [-0.2, 0) is 4.79 Å². The van der Waals surface area contributed by atoms with Gasteiger partial charge in [0, 0.05) is 17.3 Å². The molecule has 0 unspecified atom stereocenters. The smallest absolute Gasteiger partial charge is 0.328 e. The molecule has 0 amide bonds. The Morgan fingerprint density at radius 2 is 1.90 bits per heavy atom. The van der Waals surface area contributed by atoms with Crippen LogP contribution in [0, 0.1) is 13.8 Å². The zero-order valence-electron chi connectivity index (χ0n) is 11.3. The van der Waals surface area contributed by atoms with E-state index in [1.165, 1.54) is 11.6 Å². The van der Waals surface area contributed by atoms with E-state index in [2.05, 4.69) is 4.98 Å². The Hall–Kier alpha value is -2.62. The summed E-state index contributed by atoms with van der Waals surface area (Å²) < 4.78 is 0. The lowest BCUT2D eigenvalue weighted by Crippen LogP contribution is -2.10. The highest BCUT2D eigenvalue weighted by Crippen LogP contribution is 2.19. The van der Waals surface area contributed by atoms with Gasteiger partial charge in [0.2, 0.25) is 0 Å². The fourth-order valence-electron chi connectivity index (χ4n) is 1.85. The molecule has 2 rings (SSSR count). The summed E-state index contributed by atoms with van der Waals surface area (Å²) in [6.45, 7) is 4.04. The lowest BCUT2D eigenvalue weighted by molar-refractivity contribution is -0.131. The highest BCUT2D eigenvalue weighted by molar-refractivity contribution is 5.85. The largest absolute Gasteiger partial charge is 0.478 e. The monoisotopic (exact) mass is 269 g/mol. The molecule has 4 heteroatoms. The number of hydrogen-bond donors (Lipinski definition) is 2. The van der Waals surface area contributed by atoms with Gasteiger partial charge in [0.05, 0.1) is 0 Å². The third kappa shape index (κ3) is 3.03. The van der Waals surface area contributed by atoms with Gasteiger partial charge in [-0.2, -0.15) is 0 Å². The number of aryl methyl sites for hydroxylation is 2. The first-order valence-electron chi connectivity index (χ1n) is 6.19. The molecule has 0 saturated carbocycles. The number of H-pyrrole nitrogens is 1. The third-order valence-electron chi connectivity index (χ3n) is 3.16. The van der Waals surface area contributed by atoms with Crippen molar-refractivity contribution in [2.24, 2.45) is 0 Å². The number of carboxylic acids is 1. The average molecular weight is 269 g/mol. The Labute approximate surface area is 116 Å². The van der Waals surface area contributed by atoms with Gasteiger partial charge >= 0.3 is 5.97 Å². The number of aromatic amines is 1. The maximum atomic E-state index is 11.9. The summed E-state index contributed by atoms with van der Waals surface area (Å²) in [7, 11) is 0. The summed E-state index contributed by atoms with van der Waals surface area (Å²) in [5.41, 5.74) is 4.00. The number of carbonyl (C=O) groups is 1. The van der Waals surface area contributed by atoms with Crippen LogP contribution in [0.2, 0.25) is 0 Å². The van der Waals surface area contributed by atoms with Crippen molar-refractivity contribution in [3.05, 3.63) is 63.5 Å². The Morgan fingerprint density at radius 1 is 1.15 bits per heavy atom. The molecule has 4 nitrogen and oxygen atoms in total. The molecule has 0 bridgehead atoms. The van der Waals surface area contributed by atoms with Crippen LogP contribution < -0.4 is 5.56 Å². The lowest BCUT2D eigenvalue weighted by atomic mass is 10.0. The summed E-state index contributed by atoms with van der Waals surface area (Å²) in [6, 6.07) is 9.34. The number of pyridine rings is 1. The second kappa shape index (κ2) is 5.57. The zero-order chi connectivity index (χ0) is 14.7. The van der Waals surface area contributed by atoms with Crippen LogP contribution in [0.3, 0.4) is 0 Å². The van der Waals surface area contributed by atoms with Crippen molar-refractivity contribution < 1.29 is 9.90 Å². The number of carboxylic acid groups (broad SMARTS) is 1. The van der Waals surface area contributed by atoms with Crippen molar-refractivity contribution in [2.75, 3.05) is 0 Å². The SMILES string of the molecule is Cc1ccc(-c2ccc(/C=C/C(=O)O)c(=O)[nH]2)cc1C. The molecule has 1 heterocycles. The Balaban J connectivity index is 2.40. The van der Waals surface area contributed by atoms with Crippen LogP contribution in [0.5, 0.6) is 0 Å². The van der Waals surface area contributed by atoms with Crippen molar-refractivity contribution >= 4 is 12.0 Å². The molecular formula is C16H15NO3. The Morgan fingerprint density at radius 3 is 2.50 bits per heavy atom. The molecule has 1 aromatic heterocycles. The van der Waals surface area contributed by atoms with Gasteiger partial charge in [0.25, 0.3) is 5.56 Å². The van der Waals surface area contributed by atoms with E-state index in [-0.39, 0.29) is 5.56 Å². The van der Waals surface area contributed by atoms with Crippen LogP contribution in [-0.4, -0.2) is 16.1 Å². The van der Waals surface area contributed by atoms with Gasteiger partial charge in [-0.1, -0.05) is 12.1 Å². The molecule has 0 aliphatic rings. The first-order valence-corrected chi connectivity index (χ1v) is 6.19. The molecule has 1 aromatic carbocycles. The highest BCUT2D eigenvalue weighted by Gasteiger charge is 2.03. The van der Waals surface area contributed by atoms with Crippen LogP contribution in [0.1, 0.15) is 16.7 Å². The quantitative estimate of drug-likeness (QED) is 0.842. The van der Waals surface area contributed by atoms with Gasteiger partial charge in [-0.15, -0.1) is 0 Å². The first kappa shape index (κ1) is 13.8. The first-order chi connectivity index (χ1) is 9.47. The van der Waals surface area contributed by atoms with Gasteiger partial charge in [0.1, 0.15) is 0 Å². The van der Waals surface area contributed by atoms with Crippen LogP contribution in [0.15, 0.2) is 41.2 Å². The van der Waals surface area contributed by atoms with Crippen LogP contribution in [0.25, 0.3) is 17.3 Å². The second-order valence-corrected chi connectivity index (χ2v) is 4.63. The molecule has 0 fully saturated rings. The van der Waals surface area contributed by atoms with Gasteiger partial charge in [-0.3, -0.25) is 4.79 Å². The van der Waals surface area contributed by atoms with Gasteiger partial charge in [-0.05, 0) is 54.8 Å². The van der Waals surface area contributed by atoms with Crippen molar-refractivity contribution in [3.63, 3.8) is 0 Å². The van der Waals surface area contributed by atoms with E-state index in [1.807, 2.05) is 32.0 Å². The van der Waals surface area contributed by atoms with Crippen LogP contribution >= 0.6 is 0 Å². The van der Waals surface area contributed by atoms with Gasteiger partial charge in [-0.25, -0.2) is 4.79 Å². The summed E-state index contributed by atoms with van der Waals surface area (Å²) in [6.07, 6.45) is 2.23. The number of aromatic nitrogens is 1. The number of hydrogen-bond acceptors (Lipinski definition) is 2. The van der Waals surface area contributed by atoms with E-state index >= 15 is 0 Å². The standard InChI is InChI=1S/C16H15NO3/c1-10-3-4-13(9-11(10)2)14-7-5-12(16(20)17-14)6-8-15(18)19/h3-9H,1-2H3,(H,17,20)(H,18,19)/b8-6+. The normalized spacial score (nSPS) is 10.9. The molecular weight excluding hydrogens is 254 g/mol. The summed E-state index contributed by atoms with van der Waals surface area (Å²) >= 11 is 0. The van der Waals surface area contributed by atoms with Crippen molar-refractivity contribution in [1.29, 1.82) is 0 Å². The second-order valence-electron chi connectivity index (χ2n) is 4.63. The summed E-state index contributed by atoms with van der Waals surface area (Å²) in [4.78, 5) is 25.1. The van der Waals surface area contributed by atoms with Crippen molar-refractivity contribution in [2.45, 2.75) is 13.8 Å². The molecule has 0 radical (unpaired) electrons. The predicted octanol–water partition coefficient (Wildman–Crippen LogP) is 2.76. The van der Waals surface area contributed by atoms with E-state index in [0.29, 0.717) is 11.3 Å². The average Bonchev–Trinajstić information content (AvgIpc) is 2.40. The fraction of sp³-hybridized carbons (Fsp3) is 0.125. The Kier molecular flexibility index (Phi) is 3.84. The number of rotatable bonds is 3. The molecule has 2 N–H and O–H groups in total. The maximum Gasteiger partial charge on any atom is 0.328 e. The molecule has 20 heavy (non-hydrogen) atoms. The molecule has 102 valence electrons. The molecule has 0 spiro atoms. The van der Waals surface area contributed by atoms with Gasteiger partial charge in [0.15, 0.2) is 0 Å². The molecule has 0 saturated heterocycles. The zero-order valence-corrected chi connectivity index (χ0v) is 11.3. The molecule has 0 aliphatic carbocycles. The minimum Gasteiger partial charge on any atom is -0.478 e. The van der Waals surface area contributed by atoms with E-state index in [4.69, 9.17) is 5.11 Å². The number of nitrogens with one attached hydrogen (secondary N) is 1. The predicted molar refractivity (Wildman–Crippen MR) is 78.6 cm³/mol. The molecule has 2 aromatic rings. The van der Waals surface area contributed by atoms with E-state index in [1.54, 1.807) is 12.1 Å².